The largest absolute Gasteiger partial charge is 0.481 e. The Kier molecular flexibility index (Phi) is 4.95. The van der Waals surface area contributed by atoms with E-state index in [4.69, 9.17) is 5.11 Å². The number of esters is 1. The number of hydrogen-bond acceptors (Lipinski definition) is 5. The zero-order chi connectivity index (χ0) is 16.3. The van der Waals surface area contributed by atoms with Gasteiger partial charge in [-0.2, -0.15) is 5.10 Å². The third-order valence-electron chi connectivity index (χ3n) is 4.13. The molecule has 0 saturated carbocycles. The van der Waals surface area contributed by atoms with E-state index < -0.39 is 12.4 Å². The van der Waals surface area contributed by atoms with Gasteiger partial charge in [-0.25, -0.2) is 0 Å². The number of carboxylic acid groups (broad SMARTS) is 1. The number of ketones is 1. The van der Waals surface area contributed by atoms with Crippen molar-refractivity contribution in [3.63, 3.8) is 0 Å². The monoisotopic (exact) mass is 308 g/mol. The molecule has 120 valence electrons. The second-order valence-corrected chi connectivity index (χ2v) is 5.54. The van der Waals surface area contributed by atoms with Gasteiger partial charge in [-0.15, -0.1) is 0 Å². The third-order valence-corrected chi connectivity index (χ3v) is 4.13. The normalized spacial score (nSPS) is 16.9. The summed E-state index contributed by atoms with van der Waals surface area (Å²) < 4.78 is 6.39. The van der Waals surface area contributed by atoms with Gasteiger partial charge in [0.1, 0.15) is 12.2 Å². The lowest BCUT2D eigenvalue weighted by molar-refractivity contribution is -0.142. The number of methoxy groups -OCH3 is 1. The molecule has 22 heavy (non-hydrogen) atoms. The molecule has 7 nitrogen and oxygen atoms in total. The molecular formula is C15H20N2O5. The fourth-order valence-electron chi connectivity index (χ4n) is 2.86. The van der Waals surface area contributed by atoms with Crippen LogP contribution in [0, 0.1) is 12.8 Å². The van der Waals surface area contributed by atoms with Crippen LogP contribution in [0.25, 0.3) is 0 Å². The number of aliphatic carboxylic acids is 1. The molecule has 0 spiro atoms. The summed E-state index contributed by atoms with van der Waals surface area (Å²) in [6.45, 7) is 2.35. The van der Waals surface area contributed by atoms with Gasteiger partial charge in [0.25, 0.3) is 0 Å². The molecule has 0 aliphatic heterocycles. The Morgan fingerprint density at radius 2 is 2.14 bits per heavy atom. The Labute approximate surface area is 128 Å². The summed E-state index contributed by atoms with van der Waals surface area (Å²) in [5, 5.41) is 13.2. The average Bonchev–Trinajstić information content (AvgIpc) is 2.80. The van der Waals surface area contributed by atoms with E-state index in [1.165, 1.54) is 7.11 Å². The topological polar surface area (TPSA) is 98.5 Å². The molecule has 0 radical (unpaired) electrons. The van der Waals surface area contributed by atoms with Crippen LogP contribution in [0.4, 0.5) is 0 Å². The van der Waals surface area contributed by atoms with Crippen LogP contribution in [0.1, 0.15) is 36.2 Å². The van der Waals surface area contributed by atoms with Gasteiger partial charge in [0.15, 0.2) is 0 Å². The van der Waals surface area contributed by atoms with E-state index in [1.54, 1.807) is 4.68 Å². The van der Waals surface area contributed by atoms with Crippen LogP contribution in [-0.2, 0) is 38.5 Å². The molecule has 1 atom stereocenters. The standard InChI is InChI=1S/C15H20N2O5/c1-9-11-7-10(13(18)8-14(19)20)3-4-12(11)16-17(9)6-5-15(21)22-2/h10H,3-8H2,1-2H3,(H,19,20). The maximum Gasteiger partial charge on any atom is 0.310 e. The highest BCUT2D eigenvalue weighted by atomic mass is 16.5. The fraction of sp³-hybridized carbons (Fsp3) is 0.600. The maximum atomic E-state index is 11.9. The van der Waals surface area contributed by atoms with Crippen LogP contribution in [-0.4, -0.2) is 39.7 Å². The lowest BCUT2D eigenvalue weighted by atomic mass is 9.83. The second kappa shape index (κ2) is 6.72. The van der Waals surface area contributed by atoms with E-state index in [1.807, 2.05) is 6.92 Å². The SMILES string of the molecule is COC(=O)CCn1nc2c(c1C)CC(C(=O)CC(=O)O)CC2. The number of fused-ring (bicyclic) bond motifs is 1. The zero-order valence-electron chi connectivity index (χ0n) is 12.8. The lowest BCUT2D eigenvalue weighted by Gasteiger charge is -2.20. The number of hydrogen-bond donors (Lipinski definition) is 1. The number of aryl methyl sites for hydroxylation is 2. The minimum Gasteiger partial charge on any atom is -0.481 e. The highest BCUT2D eigenvalue weighted by Gasteiger charge is 2.29. The number of carbonyl (C=O) groups excluding carboxylic acids is 2. The molecule has 1 unspecified atom stereocenters. The molecule has 0 fully saturated rings. The summed E-state index contributed by atoms with van der Waals surface area (Å²) in [5.74, 6) is -1.84. The zero-order valence-corrected chi connectivity index (χ0v) is 12.8. The number of carboxylic acids is 1. The molecule has 1 aliphatic rings. The van der Waals surface area contributed by atoms with Gasteiger partial charge in [-0.1, -0.05) is 0 Å². The molecule has 1 aromatic rings. The van der Waals surface area contributed by atoms with Crippen LogP contribution >= 0.6 is 0 Å². The fourth-order valence-corrected chi connectivity index (χ4v) is 2.86. The van der Waals surface area contributed by atoms with Crippen LogP contribution in [0.2, 0.25) is 0 Å². The summed E-state index contributed by atoms with van der Waals surface area (Å²) in [5.41, 5.74) is 2.90. The smallest absolute Gasteiger partial charge is 0.310 e. The highest BCUT2D eigenvalue weighted by molar-refractivity contribution is 5.96. The van der Waals surface area contributed by atoms with Crippen molar-refractivity contribution < 1.29 is 24.2 Å². The van der Waals surface area contributed by atoms with Gasteiger partial charge in [0.05, 0.1) is 25.8 Å². The number of carbonyl (C=O) groups is 3. The molecule has 0 saturated heterocycles. The number of aromatic nitrogens is 2. The van der Waals surface area contributed by atoms with Gasteiger partial charge >= 0.3 is 11.9 Å². The van der Waals surface area contributed by atoms with E-state index in [0.717, 1.165) is 17.0 Å². The van der Waals surface area contributed by atoms with Crippen molar-refractivity contribution in [3.05, 3.63) is 17.0 Å². The summed E-state index contributed by atoms with van der Waals surface area (Å²) >= 11 is 0. The molecule has 1 aromatic heterocycles. The van der Waals surface area contributed by atoms with Crippen LogP contribution in [0.15, 0.2) is 0 Å². The molecule has 1 heterocycles. The Morgan fingerprint density at radius 3 is 2.77 bits per heavy atom. The number of ether oxygens (including phenoxy) is 1. The summed E-state index contributed by atoms with van der Waals surface area (Å²) in [6.07, 6.45) is 1.66. The van der Waals surface area contributed by atoms with E-state index in [2.05, 4.69) is 9.84 Å². The van der Waals surface area contributed by atoms with Crippen LogP contribution in [0.3, 0.4) is 0 Å². The molecule has 1 aliphatic carbocycles. The van der Waals surface area contributed by atoms with Crippen molar-refractivity contribution >= 4 is 17.7 Å². The molecule has 7 heteroatoms. The first-order chi connectivity index (χ1) is 10.4. The molecule has 2 rings (SSSR count). The first-order valence-corrected chi connectivity index (χ1v) is 7.28. The van der Waals surface area contributed by atoms with E-state index in [9.17, 15) is 14.4 Å². The van der Waals surface area contributed by atoms with Gasteiger partial charge in [0.2, 0.25) is 0 Å². The quantitative estimate of drug-likeness (QED) is 0.619. The van der Waals surface area contributed by atoms with Crippen LogP contribution < -0.4 is 0 Å². The number of Topliss-reactive ketones (excluding diaryl/α,β-unsaturated/α-hetero) is 1. The van der Waals surface area contributed by atoms with Crippen LogP contribution in [0.5, 0.6) is 0 Å². The van der Waals surface area contributed by atoms with E-state index >= 15 is 0 Å². The molecular weight excluding hydrogens is 288 g/mol. The molecule has 0 aromatic carbocycles. The van der Waals surface area contributed by atoms with Crippen molar-refractivity contribution in [2.45, 2.75) is 45.6 Å². The third kappa shape index (κ3) is 3.52. The number of rotatable bonds is 6. The molecule has 1 N–H and O–H groups in total. The summed E-state index contributed by atoms with van der Waals surface area (Å²) in [6, 6.07) is 0. The molecule has 0 amide bonds. The minimum absolute atomic E-state index is 0.222. The second-order valence-electron chi connectivity index (χ2n) is 5.54. The first kappa shape index (κ1) is 16.2. The van der Waals surface area contributed by atoms with Crippen molar-refractivity contribution in [1.82, 2.24) is 9.78 Å². The van der Waals surface area contributed by atoms with E-state index in [-0.39, 0.29) is 24.1 Å². The Morgan fingerprint density at radius 1 is 1.41 bits per heavy atom. The highest BCUT2D eigenvalue weighted by Crippen LogP contribution is 2.28. The number of nitrogens with zero attached hydrogens (tertiary/aromatic N) is 2. The lowest BCUT2D eigenvalue weighted by Crippen LogP contribution is -2.24. The summed E-state index contributed by atoms with van der Waals surface area (Å²) in [7, 11) is 1.35. The van der Waals surface area contributed by atoms with Gasteiger partial charge in [-0.3, -0.25) is 19.1 Å². The van der Waals surface area contributed by atoms with Crippen molar-refractivity contribution in [3.8, 4) is 0 Å². The molecule has 0 bridgehead atoms. The van der Waals surface area contributed by atoms with Crippen molar-refractivity contribution in [2.75, 3.05) is 7.11 Å². The maximum absolute atomic E-state index is 11.9. The van der Waals surface area contributed by atoms with E-state index in [0.29, 0.717) is 25.8 Å². The Bertz CT molecular complexity index is 605. The predicted octanol–water partition coefficient (Wildman–Crippen LogP) is 0.903. The van der Waals surface area contributed by atoms with Crippen molar-refractivity contribution in [1.29, 1.82) is 0 Å². The average molecular weight is 308 g/mol. The predicted molar refractivity (Wildman–Crippen MR) is 76.4 cm³/mol. The van der Waals surface area contributed by atoms with Crippen molar-refractivity contribution in [2.24, 2.45) is 5.92 Å². The first-order valence-electron chi connectivity index (χ1n) is 7.28. The van der Waals surface area contributed by atoms with Gasteiger partial charge < -0.3 is 9.84 Å². The van der Waals surface area contributed by atoms with Gasteiger partial charge in [0, 0.05) is 11.6 Å². The Hall–Kier alpha value is -2.18. The minimum atomic E-state index is -1.08. The van der Waals surface area contributed by atoms with Gasteiger partial charge in [-0.05, 0) is 31.7 Å². The Balaban J connectivity index is 2.08. The summed E-state index contributed by atoms with van der Waals surface area (Å²) in [4.78, 5) is 33.8.